The second-order valence-corrected chi connectivity index (χ2v) is 14.8. The van der Waals surface area contributed by atoms with Crippen LogP contribution in [0.3, 0.4) is 0 Å². The lowest BCUT2D eigenvalue weighted by Gasteiger charge is -2.40. The maximum atomic E-state index is 13.9. The van der Waals surface area contributed by atoms with Gasteiger partial charge in [0.25, 0.3) is 5.91 Å². The zero-order chi connectivity index (χ0) is 30.8. The molecule has 2 heterocycles. The molecule has 0 saturated carbocycles. The molecule has 2 amide bonds. The van der Waals surface area contributed by atoms with Crippen molar-refractivity contribution in [2.75, 3.05) is 18.8 Å². The summed E-state index contributed by atoms with van der Waals surface area (Å²) in [5.74, 6) is -0.431. The number of rotatable bonds is 9. The smallest absolute Gasteiger partial charge is 0.263 e. The van der Waals surface area contributed by atoms with Crippen molar-refractivity contribution in [2.45, 2.75) is 42.9 Å². The molecule has 4 aromatic rings. The third-order valence-electron chi connectivity index (χ3n) is 8.11. The van der Waals surface area contributed by atoms with Gasteiger partial charge in [0.05, 0.1) is 26.0 Å². The molecular weight excluding hydrogens is 623 g/mol. The molecule has 0 bridgehead atoms. The number of primary amides is 1. The van der Waals surface area contributed by atoms with Crippen LogP contribution in [-0.2, 0) is 20.0 Å². The Kier molecular flexibility index (Phi) is 9.32. The first kappa shape index (κ1) is 31.3. The summed E-state index contributed by atoms with van der Waals surface area (Å²) in [6.45, 7) is 2.72. The van der Waals surface area contributed by atoms with Crippen molar-refractivity contribution in [1.82, 2.24) is 4.90 Å². The molecule has 5 rings (SSSR count). The number of hydrogen-bond acceptors (Lipinski definition) is 5. The van der Waals surface area contributed by atoms with E-state index < -0.39 is 15.3 Å². The van der Waals surface area contributed by atoms with Gasteiger partial charge in [0.1, 0.15) is 0 Å². The number of benzene rings is 3. The largest absolute Gasteiger partial charge is 0.369 e. The Hall–Kier alpha value is -3.17. The molecule has 1 saturated heterocycles. The molecule has 1 aliphatic heterocycles. The van der Waals surface area contributed by atoms with Crippen molar-refractivity contribution in [3.63, 3.8) is 0 Å². The second kappa shape index (κ2) is 12.8. The number of nitrogens with two attached hydrogens (primary N) is 1. The highest BCUT2D eigenvalue weighted by Gasteiger charge is 2.42. The summed E-state index contributed by atoms with van der Waals surface area (Å²) in [5, 5.41) is 0.940. The van der Waals surface area contributed by atoms with Crippen molar-refractivity contribution < 1.29 is 18.0 Å². The van der Waals surface area contributed by atoms with Crippen LogP contribution in [0.1, 0.15) is 47.8 Å². The van der Waals surface area contributed by atoms with Crippen LogP contribution in [0.5, 0.6) is 0 Å². The molecule has 0 radical (unpaired) electrons. The van der Waals surface area contributed by atoms with Gasteiger partial charge in [-0.15, -0.1) is 11.3 Å². The lowest BCUT2D eigenvalue weighted by atomic mass is 9.72. The lowest BCUT2D eigenvalue weighted by molar-refractivity contribution is -0.125. The minimum atomic E-state index is -3.38. The minimum Gasteiger partial charge on any atom is -0.369 e. The molecule has 0 aliphatic carbocycles. The standard InChI is InChI=1S/C33H32Cl2N2O4S2/c1-2-3-19-43(40,41)25-12-9-22(10-13-25)27-21-29(42-30(27)26-14-11-24(34)20-28(26)35)31(38)37-17-15-33(16-18-37,32(36)39)23-7-5-4-6-8-23/h4-14,20-21H,2-3,15-19H2,1H3,(H2,36,39). The van der Waals surface area contributed by atoms with E-state index in [1.165, 1.54) is 11.3 Å². The maximum absolute atomic E-state index is 13.9. The van der Waals surface area contributed by atoms with E-state index >= 15 is 0 Å². The van der Waals surface area contributed by atoms with E-state index in [4.69, 9.17) is 28.9 Å². The van der Waals surface area contributed by atoms with Gasteiger partial charge >= 0.3 is 0 Å². The van der Waals surface area contributed by atoms with Crippen molar-refractivity contribution in [3.05, 3.63) is 99.3 Å². The highest BCUT2D eigenvalue weighted by Crippen LogP contribution is 2.44. The Bertz CT molecular complexity index is 1750. The number of unbranched alkanes of at least 4 members (excludes halogenated alkanes) is 1. The summed E-state index contributed by atoms with van der Waals surface area (Å²) in [6, 6.07) is 23.3. The topological polar surface area (TPSA) is 97.5 Å². The van der Waals surface area contributed by atoms with Gasteiger partial charge in [-0.1, -0.05) is 85.1 Å². The van der Waals surface area contributed by atoms with Crippen LogP contribution in [0.15, 0.2) is 83.8 Å². The lowest BCUT2D eigenvalue weighted by Crippen LogP contribution is -2.51. The van der Waals surface area contributed by atoms with Crippen LogP contribution < -0.4 is 5.73 Å². The highest BCUT2D eigenvalue weighted by molar-refractivity contribution is 7.91. The molecule has 1 aliphatic rings. The number of nitrogens with zero attached hydrogens (tertiary/aromatic N) is 1. The van der Waals surface area contributed by atoms with E-state index in [0.717, 1.165) is 33.6 Å². The third kappa shape index (κ3) is 6.38. The first-order valence-corrected chi connectivity index (χ1v) is 17.4. The van der Waals surface area contributed by atoms with Crippen LogP contribution >= 0.6 is 34.5 Å². The van der Waals surface area contributed by atoms with Gasteiger partial charge in [-0.3, -0.25) is 9.59 Å². The molecule has 43 heavy (non-hydrogen) atoms. The zero-order valence-corrected chi connectivity index (χ0v) is 26.8. The molecule has 10 heteroatoms. The summed E-state index contributed by atoms with van der Waals surface area (Å²) < 4.78 is 25.5. The summed E-state index contributed by atoms with van der Waals surface area (Å²) in [6.07, 6.45) is 2.25. The number of hydrogen-bond donors (Lipinski definition) is 1. The summed E-state index contributed by atoms with van der Waals surface area (Å²) in [5.41, 5.74) is 8.21. The number of thiophene rings is 1. The molecule has 3 aromatic carbocycles. The van der Waals surface area contributed by atoms with Gasteiger partial charge in [0, 0.05) is 34.1 Å². The SMILES string of the molecule is CCCCS(=O)(=O)c1ccc(-c2cc(C(=O)N3CCC(C(N)=O)(c4ccccc4)CC3)sc2-c2ccc(Cl)cc2Cl)cc1. The molecule has 1 aromatic heterocycles. The van der Waals surface area contributed by atoms with E-state index in [1.807, 2.05) is 49.4 Å². The fraction of sp³-hybridized carbons (Fsp3) is 0.273. The normalized spacial score (nSPS) is 14.9. The predicted octanol–water partition coefficient (Wildman–Crippen LogP) is 7.62. The number of likely N-dealkylation sites (tertiary alicyclic amines) is 1. The minimum absolute atomic E-state index is 0.0999. The maximum Gasteiger partial charge on any atom is 0.263 e. The Morgan fingerprint density at radius 3 is 2.21 bits per heavy atom. The second-order valence-electron chi connectivity index (χ2n) is 10.8. The van der Waals surface area contributed by atoms with Gasteiger partial charge in [-0.2, -0.15) is 0 Å². The van der Waals surface area contributed by atoms with Crippen LogP contribution in [0, 0.1) is 0 Å². The average Bonchev–Trinajstić information content (AvgIpc) is 3.45. The third-order valence-corrected chi connectivity index (χ3v) is 11.6. The van der Waals surface area contributed by atoms with Gasteiger partial charge in [0.15, 0.2) is 9.84 Å². The van der Waals surface area contributed by atoms with Crippen LogP contribution in [-0.4, -0.2) is 44.0 Å². The monoisotopic (exact) mass is 654 g/mol. The molecular formula is C33H32Cl2N2O4S2. The number of halogens is 2. The van der Waals surface area contributed by atoms with Crippen molar-refractivity contribution in [3.8, 4) is 21.6 Å². The van der Waals surface area contributed by atoms with E-state index in [2.05, 4.69) is 0 Å². The first-order chi connectivity index (χ1) is 20.6. The van der Waals surface area contributed by atoms with Gasteiger partial charge in [0.2, 0.25) is 5.91 Å². The summed E-state index contributed by atoms with van der Waals surface area (Å²) in [7, 11) is -3.38. The first-order valence-electron chi connectivity index (χ1n) is 14.1. The predicted molar refractivity (Wildman–Crippen MR) is 175 cm³/mol. The molecule has 0 atom stereocenters. The Morgan fingerprint density at radius 2 is 1.60 bits per heavy atom. The van der Waals surface area contributed by atoms with Gasteiger partial charge in [-0.05, 0) is 60.7 Å². The molecule has 224 valence electrons. The Morgan fingerprint density at radius 1 is 0.930 bits per heavy atom. The van der Waals surface area contributed by atoms with Gasteiger partial charge < -0.3 is 10.6 Å². The fourth-order valence-electron chi connectivity index (χ4n) is 5.56. The van der Waals surface area contributed by atoms with Crippen molar-refractivity contribution in [1.29, 1.82) is 0 Å². The number of piperidine rings is 1. The van der Waals surface area contributed by atoms with Crippen LogP contribution in [0.2, 0.25) is 10.0 Å². The Labute approximate surface area is 266 Å². The fourth-order valence-corrected chi connectivity index (χ4v) is 8.76. The zero-order valence-electron chi connectivity index (χ0n) is 23.7. The van der Waals surface area contributed by atoms with E-state index in [-0.39, 0.29) is 22.5 Å². The highest BCUT2D eigenvalue weighted by atomic mass is 35.5. The molecule has 2 N–H and O–H groups in total. The summed E-state index contributed by atoms with van der Waals surface area (Å²) in [4.78, 5) is 29.8. The Balaban J connectivity index is 1.48. The quantitative estimate of drug-likeness (QED) is 0.201. The van der Waals surface area contributed by atoms with E-state index in [1.54, 1.807) is 41.3 Å². The molecule has 0 spiro atoms. The molecule has 1 fully saturated rings. The van der Waals surface area contributed by atoms with E-state index in [0.29, 0.717) is 47.3 Å². The van der Waals surface area contributed by atoms with Crippen LogP contribution in [0.4, 0.5) is 0 Å². The molecule has 0 unspecified atom stereocenters. The number of sulfone groups is 1. The van der Waals surface area contributed by atoms with Crippen LogP contribution in [0.25, 0.3) is 21.6 Å². The number of amides is 2. The van der Waals surface area contributed by atoms with Crippen molar-refractivity contribution >= 4 is 56.2 Å². The molecule has 6 nitrogen and oxygen atoms in total. The van der Waals surface area contributed by atoms with E-state index in [9.17, 15) is 18.0 Å². The number of carbonyl (C=O) groups is 2. The van der Waals surface area contributed by atoms with Crippen molar-refractivity contribution in [2.24, 2.45) is 5.73 Å². The average molecular weight is 656 g/mol. The van der Waals surface area contributed by atoms with Gasteiger partial charge in [-0.25, -0.2) is 8.42 Å². The number of carbonyl (C=O) groups excluding carboxylic acids is 2. The summed E-state index contributed by atoms with van der Waals surface area (Å²) >= 11 is 14.1.